The summed E-state index contributed by atoms with van der Waals surface area (Å²) in [4.78, 5) is 2.49. The first-order chi connectivity index (χ1) is 13.7. The molecule has 1 aliphatic rings. The third-order valence-corrected chi connectivity index (χ3v) is 5.16. The van der Waals surface area contributed by atoms with Gasteiger partial charge in [-0.15, -0.1) is 0 Å². The molecule has 0 unspecified atom stereocenters. The van der Waals surface area contributed by atoms with E-state index in [9.17, 15) is 0 Å². The van der Waals surface area contributed by atoms with Gasteiger partial charge in [0.15, 0.2) is 23.0 Å². The standard InChI is InChI=1S/C22H30N2O4/c1-25-19-7-6-18(14-22(19)28-4)23-9-5-10-24-11-8-16-12-20(26-2)21(27-3)13-17(16)15-24/h6-7,12-14,23H,5,8-11,15H2,1-4H3. The molecule has 1 heterocycles. The van der Waals surface area contributed by atoms with Crippen molar-refractivity contribution in [3.63, 3.8) is 0 Å². The Kier molecular flexibility index (Phi) is 6.87. The zero-order chi connectivity index (χ0) is 19.9. The van der Waals surface area contributed by atoms with E-state index in [0.717, 1.165) is 67.7 Å². The summed E-state index contributed by atoms with van der Waals surface area (Å²) in [7, 11) is 6.67. The molecule has 0 atom stereocenters. The van der Waals surface area contributed by atoms with Crippen LogP contribution in [0.4, 0.5) is 5.69 Å². The molecule has 2 aromatic carbocycles. The molecule has 6 heteroatoms. The van der Waals surface area contributed by atoms with Gasteiger partial charge in [-0.25, -0.2) is 0 Å². The number of fused-ring (bicyclic) bond motifs is 1. The smallest absolute Gasteiger partial charge is 0.162 e. The zero-order valence-corrected chi connectivity index (χ0v) is 17.2. The van der Waals surface area contributed by atoms with Crippen molar-refractivity contribution in [3.8, 4) is 23.0 Å². The summed E-state index contributed by atoms with van der Waals surface area (Å²) in [5, 5.41) is 3.46. The molecule has 0 amide bonds. The fourth-order valence-corrected chi connectivity index (χ4v) is 3.61. The second-order valence-corrected chi connectivity index (χ2v) is 6.85. The Morgan fingerprint density at radius 2 is 1.46 bits per heavy atom. The molecule has 1 N–H and O–H groups in total. The lowest BCUT2D eigenvalue weighted by molar-refractivity contribution is 0.252. The van der Waals surface area contributed by atoms with Crippen LogP contribution in [0.25, 0.3) is 0 Å². The molecule has 0 saturated heterocycles. The van der Waals surface area contributed by atoms with E-state index in [1.807, 2.05) is 18.2 Å². The van der Waals surface area contributed by atoms with Crippen molar-refractivity contribution in [2.24, 2.45) is 0 Å². The molecule has 152 valence electrons. The first-order valence-electron chi connectivity index (χ1n) is 9.60. The Balaban J connectivity index is 1.50. The molecule has 6 nitrogen and oxygen atoms in total. The van der Waals surface area contributed by atoms with Gasteiger partial charge < -0.3 is 24.3 Å². The molecule has 0 aliphatic carbocycles. The second-order valence-electron chi connectivity index (χ2n) is 6.85. The number of nitrogens with one attached hydrogen (secondary N) is 1. The van der Waals surface area contributed by atoms with E-state index < -0.39 is 0 Å². The van der Waals surface area contributed by atoms with Crippen molar-refractivity contribution in [2.45, 2.75) is 19.4 Å². The molecule has 0 aromatic heterocycles. The number of methoxy groups -OCH3 is 4. The van der Waals surface area contributed by atoms with E-state index in [0.29, 0.717) is 0 Å². The highest BCUT2D eigenvalue weighted by Crippen LogP contribution is 2.33. The molecule has 0 bridgehead atoms. The summed E-state index contributed by atoms with van der Waals surface area (Å²) >= 11 is 0. The number of hydrogen-bond acceptors (Lipinski definition) is 6. The van der Waals surface area contributed by atoms with Crippen LogP contribution in [0.3, 0.4) is 0 Å². The maximum atomic E-state index is 5.45. The summed E-state index contributed by atoms with van der Waals surface area (Å²) < 4.78 is 21.5. The van der Waals surface area contributed by atoms with Gasteiger partial charge in [-0.3, -0.25) is 4.90 Å². The fourth-order valence-electron chi connectivity index (χ4n) is 3.61. The van der Waals surface area contributed by atoms with Gasteiger partial charge in [-0.2, -0.15) is 0 Å². The van der Waals surface area contributed by atoms with Crippen molar-refractivity contribution in [1.82, 2.24) is 4.90 Å². The second kappa shape index (κ2) is 9.55. The minimum atomic E-state index is 0.740. The normalized spacial score (nSPS) is 13.6. The van der Waals surface area contributed by atoms with Crippen LogP contribution in [-0.2, 0) is 13.0 Å². The summed E-state index contributed by atoms with van der Waals surface area (Å²) in [6.07, 6.45) is 2.11. The maximum absolute atomic E-state index is 5.45. The average Bonchev–Trinajstić information content (AvgIpc) is 2.75. The molecule has 3 rings (SSSR count). The molecule has 2 aromatic rings. The van der Waals surface area contributed by atoms with Crippen molar-refractivity contribution in [2.75, 3.05) is 53.4 Å². The highest BCUT2D eigenvalue weighted by Gasteiger charge is 2.19. The maximum Gasteiger partial charge on any atom is 0.162 e. The van der Waals surface area contributed by atoms with Gasteiger partial charge in [0.25, 0.3) is 0 Å². The van der Waals surface area contributed by atoms with Crippen molar-refractivity contribution >= 4 is 5.69 Å². The van der Waals surface area contributed by atoms with Gasteiger partial charge in [-0.1, -0.05) is 0 Å². The average molecular weight is 386 g/mol. The van der Waals surface area contributed by atoms with E-state index in [2.05, 4.69) is 22.3 Å². The summed E-state index contributed by atoms with van der Waals surface area (Å²) in [5.74, 6) is 3.10. The van der Waals surface area contributed by atoms with Gasteiger partial charge in [0.1, 0.15) is 0 Å². The Morgan fingerprint density at radius 1 is 0.821 bits per heavy atom. The highest BCUT2D eigenvalue weighted by molar-refractivity contribution is 5.54. The number of anilines is 1. The van der Waals surface area contributed by atoms with Gasteiger partial charge >= 0.3 is 0 Å². The number of ether oxygens (including phenoxy) is 4. The highest BCUT2D eigenvalue weighted by atomic mass is 16.5. The Hall–Kier alpha value is -2.60. The third kappa shape index (κ3) is 4.62. The van der Waals surface area contributed by atoms with Crippen LogP contribution in [0, 0.1) is 0 Å². The molecule has 0 radical (unpaired) electrons. The minimum absolute atomic E-state index is 0.740. The Labute approximate surface area is 167 Å². The van der Waals surface area contributed by atoms with Crippen molar-refractivity contribution in [1.29, 1.82) is 0 Å². The summed E-state index contributed by atoms with van der Waals surface area (Å²) in [6, 6.07) is 10.1. The zero-order valence-electron chi connectivity index (χ0n) is 17.2. The van der Waals surface area contributed by atoms with Gasteiger partial charge in [0, 0.05) is 37.9 Å². The summed E-state index contributed by atoms with van der Waals surface area (Å²) in [5.41, 5.74) is 3.73. The largest absolute Gasteiger partial charge is 0.493 e. The summed E-state index contributed by atoms with van der Waals surface area (Å²) in [6.45, 7) is 3.98. The van der Waals surface area contributed by atoms with E-state index in [-0.39, 0.29) is 0 Å². The lowest BCUT2D eigenvalue weighted by atomic mass is 9.98. The van der Waals surface area contributed by atoms with Gasteiger partial charge in [0.2, 0.25) is 0 Å². The molecule has 0 spiro atoms. The number of benzene rings is 2. The van der Waals surface area contributed by atoms with Crippen LogP contribution in [0.2, 0.25) is 0 Å². The lowest BCUT2D eigenvalue weighted by Gasteiger charge is -2.29. The lowest BCUT2D eigenvalue weighted by Crippen LogP contribution is -2.32. The van der Waals surface area contributed by atoms with Crippen molar-refractivity contribution in [3.05, 3.63) is 41.5 Å². The van der Waals surface area contributed by atoms with Crippen LogP contribution in [-0.4, -0.2) is 53.0 Å². The van der Waals surface area contributed by atoms with Gasteiger partial charge in [0.05, 0.1) is 28.4 Å². The monoisotopic (exact) mass is 386 g/mol. The molecule has 0 saturated carbocycles. The third-order valence-electron chi connectivity index (χ3n) is 5.16. The molecular weight excluding hydrogens is 356 g/mol. The van der Waals surface area contributed by atoms with E-state index >= 15 is 0 Å². The predicted molar refractivity (Wildman–Crippen MR) is 111 cm³/mol. The van der Waals surface area contributed by atoms with E-state index in [1.165, 1.54) is 11.1 Å². The fraction of sp³-hybridized carbons (Fsp3) is 0.455. The molecule has 0 fully saturated rings. The Bertz CT molecular complexity index is 794. The quantitative estimate of drug-likeness (QED) is 0.665. The van der Waals surface area contributed by atoms with Crippen LogP contribution >= 0.6 is 0 Å². The number of hydrogen-bond donors (Lipinski definition) is 1. The number of nitrogens with zero attached hydrogens (tertiary/aromatic N) is 1. The van der Waals surface area contributed by atoms with E-state index in [4.69, 9.17) is 18.9 Å². The molecule has 28 heavy (non-hydrogen) atoms. The van der Waals surface area contributed by atoms with Crippen LogP contribution in [0.1, 0.15) is 17.5 Å². The van der Waals surface area contributed by atoms with E-state index in [1.54, 1.807) is 28.4 Å². The minimum Gasteiger partial charge on any atom is -0.493 e. The SMILES string of the molecule is COc1ccc(NCCCN2CCc3cc(OC)c(OC)cc3C2)cc1OC. The van der Waals surface area contributed by atoms with Crippen LogP contribution < -0.4 is 24.3 Å². The van der Waals surface area contributed by atoms with Crippen LogP contribution in [0.15, 0.2) is 30.3 Å². The molecule has 1 aliphatic heterocycles. The first-order valence-corrected chi connectivity index (χ1v) is 9.60. The molecular formula is C22H30N2O4. The first kappa shape index (κ1) is 20.1. The van der Waals surface area contributed by atoms with Crippen molar-refractivity contribution < 1.29 is 18.9 Å². The predicted octanol–water partition coefficient (Wildman–Crippen LogP) is 3.58. The van der Waals surface area contributed by atoms with Crippen LogP contribution in [0.5, 0.6) is 23.0 Å². The Morgan fingerprint density at radius 3 is 2.14 bits per heavy atom. The number of rotatable bonds is 9. The topological polar surface area (TPSA) is 52.2 Å². The van der Waals surface area contributed by atoms with Gasteiger partial charge in [-0.05, 0) is 48.2 Å².